The van der Waals surface area contributed by atoms with Crippen molar-refractivity contribution >= 4 is 28.4 Å². The van der Waals surface area contributed by atoms with Crippen LogP contribution in [0.4, 0.5) is 5.69 Å². The molecule has 2 heterocycles. The largest absolute Gasteiger partial charge is 0.342 e. The predicted molar refractivity (Wildman–Crippen MR) is 122 cm³/mol. The SMILES string of the molecule is CCN(CC)C(=O)Cn1ccc2cc(NC(=O)c3cc(-c4ccccc4)n[nH]3)ccc21. The molecule has 4 rings (SSSR count). The summed E-state index contributed by atoms with van der Waals surface area (Å²) in [6.45, 7) is 5.65. The number of anilines is 1. The quantitative estimate of drug-likeness (QED) is 0.476. The van der Waals surface area contributed by atoms with E-state index in [-0.39, 0.29) is 11.8 Å². The monoisotopic (exact) mass is 415 g/mol. The lowest BCUT2D eigenvalue weighted by Gasteiger charge is -2.19. The summed E-state index contributed by atoms with van der Waals surface area (Å²) < 4.78 is 1.93. The smallest absolute Gasteiger partial charge is 0.273 e. The lowest BCUT2D eigenvalue weighted by molar-refractivity contribution is -0.131. The van der Waals surface area contributed by atoms with Crippen LogP contribution in [0.25, 0.3) is 22.2 Å². The van der Waals surface area contributed by atoms with Gasteiger partial charge in [0.1, 0.15) is 12.2 Å². The zero-order valence-electron chi connectivity index (χ0n) is 17.6. The van der Waals surface area contributed by atoms with Crippen molar-refractivity contribution in [3.63, 3.8) is 0 Å². The third-order valence-corrected chi connectivity index (χ3v) is 5.34. The second-order valence-corrected chi connectivity index (χ2v) is 7.27. The van der Waals surface area contributed by atoms with E-state index in [1.54, 1.807) is 6.07 Å². The van der Waals surface area contributed by atoms with Gasteiger partial charge in [0.15, 0.2) is 0 Å². The molecule has 31 heavy (non-hydrogen) atoms. The Morgan fingerprint density at radius 2 is 1.81 bits per heavy atom. The summed E-state index contributed by atoms with van der Waals surface area (Å²) >= 11 is 0. The van der Waals surface area contributed by atoms with Crippen molar-refractivity contribution in [1.82, 2.24) is 19.7 Å². The number of aromatic amines is 1. The lowest BCUT2D eigenvalue weighted by atomic mass is 10.1. The van der Waals surface area contributed by atoms with Crippen molar-refractivity contribution in [1.29, 1.82) is 0 Å². The van der Waals surface area contributed by atoms with Gasteiger partial charge in [-0.15, -0.1) is 0 Å². The van der Waals surface area contributed by atoms with E-state index in [2.05, 4.69) is 15.5 Å². The van der Waals surface area contributed by atoms with Gasteiger partial charge in [0, 0.05) is 41.4 Å². The number of aromatic nitrogens is 3. The van der Waals surface area contributed by atoms with E-state index >= 15 is 0 Å². The molecule has 2 aromatic heterocycles. The highest BCUT2D eigenvalue weighted by molar-refractivity contribution is 6.04. The molecule has 2 amide bonds. The number of nitrogens with zero attached hydrogens (tertiary/aromatic N) is 3. The molecule has 0 fully saturated rings. The van der Waals surface area contributed by atoms with Crippen LogP contribution in [0.1, 0.15) is 24.3 Å². The number of carbonyl (C=O) groups is 2. The molecule has 0 unspecified atom stereocenters. The molecule has 7 heteroatoms. The molecule has 0 radical (unpaired) electrons. The molecule has 158 valence electrons. The number of H-pyrrole nitrogens is 1. The van der Waals surface area contributed by atoms with E-state index < -0.39 is 0 Å². The minimum atomic E-state index is -0.259. The highest BCUT2D eigenvalue weighted by Crippen LogP contribution is 2.22. The highest BCUT2D eigenvalue weighted by Gasteiger charge is 2.14. The van der Waals surface area contributed by atoms with E-state index in [4.69, 9.17) is 0 Å². The first kappa shape index (κ1) is 20.4. The molecule has 0 aliphatic carbocycles. The standard InChI is InChI=1S/C24H25N5O2/c1-3-28(4-2)23(30)16-29-13-12-18-14-19(10-11-22(18)29)25-24(31)21-15-20(26-27-21)17-8-6-5-7-9-17/h5-15H,3-4,16H2,1-2H3,(H,25,31)(H,26,27). The molecule has 2 N–H and O–H groups in total. The molecule has 0 aliphatic heterocycles. The maximum Gasteiger partial charge on any atom is 0.273 e. The Morgan fingerprint density at radius 3 is 2.55 bits per heavy atom. The van der Waals surface area contributed by atoms with Gasteiger partial charge in [-0.25, -0.2) is 0 Å². The number of hydrogen-bond donors (Lipinski definition) is 2. The lowest BCUT2D eigenvalue weighted by Crippen LogP contribution is -2.33. The zero-order valence-corrected chi connectivity index (χ0v) is 17.6. The van der Waals surface area contributed by atoms with Crippen LogP contribution in [0, 0.1) is 0 Å². The Bertz CT molecular complexity index is 1210. The molecule has 0 bridgehead atoms. The van der Waals surface area contributed by atoms with Crippen molar-refractivity contribution in [3.8, 4) is 11.3 Å². The van der Waals surface area contributed by atoms with Gasteiger partial charge in [-0.3, -0.25) is 14.7 Å². The molecule has 7 nitrogen and oxygen atoms in total. The summed E-state index contributed by atoms with van der Waals surface area (Å²) in [4.78, 5) is 26.9. The van der Waals surface area contributed by atoms with Crippen LogP contribution in [-0.4, -0.2) is 44.6 Å². The normalized spacial score (nSPS) is 10.9. The van der Waals surface area contributed by atoms with Crippen LogP contribution in [-0.2, 0) is 11.3 Å². The van der Waals surface area contributed by atoms with Crippen molar-refractivity contribution < 1.29 is 9.59 Å². The topological polar surface area (TPSA) is 83.0 Å². The van der Waals surface area contributed by atoms with Gasteiger partial charge < -0.3 is 14.8 Å². The number of hydrogen-bond acceptors (Lipinski definition) is 3. The Balaban J connectivity index is 1.48. The second kappa shape index (κ2) is 8.87. The molecule has 0 saturated carbocycles. The molecule has 0 aliphatic rings. The number of nitrogens with one attached hydrogen (secondary N) is 2. The van der Waals surface area contributed by atoms with Crippen LogP contribution in [0.2, 0.25) is 0 Å². The molecular formula is C24H25N5O2. The van der Waals surface area contributed by atoms with Crippen molar-refractivity contribution in [3.05, 3.63) is 72.6 Å². The summed E-state index contributed by atoms with van der Waals surface area (Å²) in [6.07, 6.45) is 1.90. The molecule has 2 aromatic carbocycles. The number of fused-ring (bicyclic) bond motifs is 1. The molecular weight excluding hydrogens is 390 g/mol. The third-order valence-electron chi connectivity index (χ3n) is 5.34. The number of amides is 2. The molecule has 0 atom stereocenters. The fraction of sp³-hybridized carbons (Fsp3) is 0.208. The predicted octanol–water partition coefficient (Wildman–Crippen LogP) is 4.15. The number of benzene rings is 2. The van der Waals surface area contributed by atoms with E-state index in [0.29, 0.717) is 31.0 Å². The fourth-order valence-corrected chi connectivity index (χ4v) is 3.63. The Hall–Kier alpha value is -3.87. The average Bonchev–Trinajstić information content (AvgIpc) is 3.43. The van der Waals surface area contributed by atoms with Crippen LogP contribution < -0.4 is 5.32 Å². The van der Waals surface area contributed by atoms with Crippen molar-refractivity contribution in [2.45, 2.75) is 20.4 Å². The van der Waals surface area contributed by atoms with Gasteiger partial charge in [0.2, 0.25) is 5.91 Å². The Morgan fingerprint density at radius 1 is 1.03 bits per heavy atom. The van der Waals surface area contributed by atoms with E-state index in [1.165, 1.54) is 0 Å². The van der Waals surface area contributed by atoms with Crippen LogP contribution in [0.15, 0.2) is 66.9 Å². The summed E-state index contributed by atoms with van der Waals surface area (Å²) in [5.74, 6) is -0.168. The van der Waals surface area contributed by atoms with Gasteiger partial charge in [-0.1, -0.05) is 30.3 Å². The van der Waals surface area contributed by atoms with E-state index in [9.17, 15) is 9.59 Å². The minimum Gasteiger partial charge on any atom is -0.342 e. The van der Waals surface area contributed by atoms with Gasteiger partial charge in [0.25, 0.3) is 5.91 Å². The molecule has 0 spiro atoms. The first-order chi connectivity index (χ1) is 15.1. The van der Waals surface area contributed by atoms with E-state index in [0.717, 1.165) is 22.2 Å². The van der Waals surface area contributed by atoms with Crippen molar-refractivity contribution in [2.75, 3.05) is 18.4 Å². The summed E-state index contributed by atoms with van der Waals surface area (Å²) in [7, 11) is 0. The van der Waals surface area contributed by atoms with Gasteiger partial charge in [0.05, 0.1) is 5.69 Å². The summed E-state index contributed by atoms with van der Waals surface area (Å²) in [6, 6.07) is 19.0. The fourth-order valence-electron chi connectivity index (χ4n) is 3.63. The van der Waals surface area contributed by atoms with Gasteiger partial charge in [-0.2, -0.15) is 5.10 Å². The maximum absolute atomic E-state index is 12.6. The maximum atomic E-state index is 12.6. The number of carbonyl (C=O) groups excluding carboxylic acids is 2. The van der Waals surface area contributed by atoms with E-state index in [1.807, 2.05) is 84.1 Å². The van der Waals surface area contributed by atoms with Gasteiger partial charge >= 0.3 is 0 Å². The number of likely N-dealkylation sites (N-methyl/N-ethyl adjacent to an activating group) is 1. The first-order valence-corrected chi connectivity index (χ1v) is 10.4. The summed E-state index contributed by atoms with van der Waals surface area (Å²) in [5, 5.41) is 10.9. The second-order valence-electron chi connectivity index (χ2n) is 7.27. The molecule has 0 saturated heterocycles. The van der Waals surface area contributed by atoms with Crippen LogP contribution >= 0.6 is 0 Å². The van der Waals surface area contributed by atoms with Crippen LogP contribution in [0.5, 0.6) is 0 Å². The zero-order chi connectivity index (χ0) is 21.8. The Kier molecular flexibility index (Phi) is 5.84. The summed E-state index contributed by atoms with van der Waals surface area (Å²) in [5.41, 5.74) is 3.69. The van der Waals surface area contributed by atoms with Gasteiger partial charge in [-0.05, 0) is 44.2 Å². The van der Waals surface area contributed by atoms with Crippen LogP contribution in [0.3, 0.4) is 0 Å². The minimum absolute atomic E-state index is 0.0911. The average molecular weight is 415 g/mol. The number of rotatable bonds is 7. The molecule has 4 aromatic rings. The Labute approximate surface area is 180 Å². The van der Waals surface area contributed by atoms with Crippen molar-refractivity contribution in [2.24, 2.45) is 0 Å². The highest BCUT2D eigenvalue weighted by atomic mass is 16.2. The first-order valence-electron chi connectivity index (χ1n) is 10.4. The third kappa shape index (κ3) is 4.35.